The van der Waals surface area contributed by atoms with E-state index in [2.05, 4.69) is 6.92 Å². The van der Waals surface area contributed by atoms with E-state index in [1.807, 2.05) is 0 Å². The Balaban J connectivity index is 2.60. The number of aliphatic hydroxyl groups is 1. The maximum Gasteiger partial charge on any atom is 0.138 e. The molecule has 1 heterocycles. The first-order valence-corrected chi connectivity index (χ1v) is 11.7. The first kappa shape index (κ1) is 29.6. The molecule has 1 aliphatic rings. The standard InChI is InChI=1S/C22H44O10/c1-2-3-5-29-19-22(32-18-17-24-6-4-23)20-30-15-13-27-11-9-25-7-8-26-10-12-28-14-16-31-21-22/h23H,2-21H2,1H3. The van der Waals surface area contributed by atoms with Crippen LogP contribution in [0.3, 0.4) is 0 Å². The molecule has 0 saturated carbocycles. The second-order valence-electron chi connectivity index (χ2n) is 7.33. The largest absolute Gasteiger partial charge is 0.394 e. The molecule has 0 atom stereocenters. The molecule has 0 aromatic carbocycles. The summed E-state index contributed by atoms with van der Waals surface area (Å²) in [5.74, 6) is 0. The van der Waals surface area contributed by atoms with Crippen LogP contribution < -0.4 is 0 Å². The molecule has 0 bridgehead atoms. The van der Waals surface area contributed by atoms with Gasteiger partial charge in [0, 0.05) is 6.61 Å². The molecular weight excluding hydrogens is 424 g/mol. The number of aliphatic hydroxyl groups excluding tert-OH is 1. The van der Waals surface area contributed by atoms with Gasteiger partial charge in [-0.25, -0.2) is 0 Å². The van der Waals surface area contributed by atoms with Crippen LogP contribution in [-0.4, -0.2) is 130 Å². The molecule has 0 amide bonds. The second-order valence-corrected chi connectivity index (χ2v) is 7.33. The summed E-state index contributed by atoms with van der Waals surface area (Å²) in [4.78, 5) is 0. The summed E-state index contributed by atoms with van der Waals surface area (Å²) in [5, 5.41) is 8.87. The van der Waals surface area contributed by atoms with Gasteiger partial charge in [-0.15, -0.1) is 0 Å². The smallest absolute Gasteiger partial charge is 0.138 e. The molecule has 0 aromatic heterocycles. The lowest BCUT2D eigenvalue weighted by atomic mass is 10.1. The average Bonchev–Trinajstić information content (AvgIpc) is 2.80. The Morgan fingerprint density at radius 2 is 1.12 bits per heavy atom. The highest BCUT2D eigenvalue weighted by Crippen LogP contribution is 2.15. The SMILES string of the molecule is CCCCOCC1(OCCOCCO)COCCOCCOCCOCCOCCOC1. The third-order valence-corrected chi connectivity index (χ3v) is 4.47. The van der Waals surface area contributed by atoms with Crippen molar-refractivity contribution < 1.29 is 47.7 Å². The highest BCUT2D eigenvalue weighted by molar-refractivity contribution is 4.81. The van der Waals surface area contributed by atoms with Crippen molar-refractivity contribution in [2.24, 2.45) is 0 Å². The fourth-order valence-electron chi connectivity index (χ4n) is 2.75. The van der Waals surface area contributed by atoms with Gasteiger partial charge in [-0.1, -0.05) is 13.3 Å². The van der Waals surface area contributed by atoms with Gasteiger partial charge in [0.2, 0.25) is 0 Å². The molecule has 1 fully saturated rings. The Labute approximate surface area is 192 Å². The minimum absolute atomic E-state index is 0.0203. The topological polar surface area (TPSA) is 103 Å². The highest BCUT2D eigenvalue weighted by Gasteiger charge is 2.33. The summed E-state index contributed by atoms with van der Waals surface area (Å²) in [6.07, 6.45) is 2.03. The van der Waals surface area contributed by atoms with Crippen LogP contribution in [-0.2, 0) is 42.6 Å². The molecule has 192 valence electrons. The molecule has 1 saturated heterocycles. The molecule has 0 radical (unpaired) electrons. The maximum atomic E-state index is 8.87. The van der Waals surface area contributed by atoms with Crippen molar-refractivity contribution >= 4 is 0 Å². The zero-order valence-electron chi connectivity index (χ0n) is 19.8. The van der Waals surface area contributed by atoms with Crippen molar-refractivity contribution in [2.75, 3.05) is 119 Å². The zero-order chi connectivity index (χ0) is 23.0. The Morgan fingerprint density at radius 3 is 1.59 bits per heavy atom. The number of rotatable bonds is 11. The van der Waals surface area contributed by atoms with E-state index in [1.54, 1.807) is 0 Å². The summed E-state index contributed by atoms with van der Waals surface area (Å²) in [7, 11) is 0. The molecule has 0 spiro atoms. The first-order valence-electron chi connectivity index (χ1n) is 11.7. The molecule has 0 unspecified atom stereocenters. The third-order valence-electron chi connectivity index (χ3n) is 4.47. The van der Waals surface area contributed by atoms with Gasteiger partial charge in [-0.2, -0.15) is 0 Å². The normalized spacial score (nSPS) is 20.8. The lowest BCUT2D eigenvalue weighted by Crippen LogP contribution is -2.48. The van der Waals surface area contributed by atoms with Crippen molar-refractivity contribution in [3.8, 4) is 0 Å². The Morgan fingerprint density at radius 1 is 0.625 bits per heavy atom. The van der Waals surface area contributed by atoms with Gasteiger partial charge >= 0.3 is 0 Å². The van der Waals surface area contributed by atoms with Crippen molar-refractivity contribution in [3.63, 3.8) is 0 Å². The molecule has 10 heteroatoms. The van der Waals surface area contributed by atoms with Crippen LogP contribution in [0.2, 0.25) is 0 Å². The zero-order valence-corrected chi connectivity index (χ0v) is 19.8. The number of hydrogen-bond acceptors (Lipinski definition) is 10. The summed E-state index contributed by atoms with van der Waals surface area (Å²) < 4.78 is 51.1. The molecule has 1 aliphatic heterocycles. The van der Waals surface area contributed by atoms with Gasteiger partial charge in [-0.3, -0.25) is 0 Å². The molecule has 0 aromatic rings. The molecule has 10 nitrogen and oxygen atoms in total. The van der Waals surface area contributed by atoms with E-state index in [4.69, 9.17) is 47.7 Å². The van der Waals surface area contributed by atoms with Crippen LogP contribution in [0.4, 0.5) is 0 Å². The molecule has 1 N–H and O–H groups in total. The summed E-state index contributed by atoms with van der Waals surface area (Å²) in [6, 6.07) is 0. The maximum absolute atomic E-state index is 8.87. The number of unbranched alkanes of at least 4 members (excludes halogenated alkanes) is 1. The average molecular weight is 469 g/mol. The number of ether oxygens (including phenoxy) is 9. The highest BCUT2D eigenvalue weighted by atomic mass is 16.6. The van der Waals surface area contributed by atoms with E-state index in [0.29, 0.717) is 106 Å². The van der Waals surface area contributed by atoms with Crippen LogP contribution in [0.1, 0.15) is 19.8 Å². The van der Waals surface area contributed by atoms with E-state index < -0.39 is 5.60 Å². The van der Waals surface area contributed by atoms with Gasteiger partial charge in [0.25, 0.3) is 0 Å². The second kappa shape index (κ2) is 22.4. The van der Waals surface area contributed by atoms with Crippen LogP contribution in [0, 0.1) is 0 Å². The summed E-state index contributed by atoms with van der Waals surface area (Å²) in [5.41, 5.74) is -0.772. The van der Waals surface area contributed by atoms with Gasteiger partial charge in [-0.05, 0) is 6.42 Å². The van der Waals surface area contributed by atoms with Gasteiger partial charge in [0.05, 0.1) is 112 Å². The quantitative estimate of drug-likeness (QED) is 0.436. The van der Waals surface area contributed by atoms with Crippen molar-refractivity contribution in [3.05, 3.63) is 0 Å². The molecular formula is C22H44O10. The van der Waals surface area contributed by atoms with Crippen LogP contribution in [0.25, 0.3) is 0 Å². The Kier molecular flexibility index (Phi) is 20.7. The van der Waals surface area contributed by atoms with Crippen molar-refractivity contribution in [2.45, 2.75) is 25.4 Å². The third kappa shape index (κ3) is 17.1. The molecule has 0 aliphatic carbocycles. The van der Waals surface area contributed by atoms with E-state index in [1.165, 1.54) is 0 Å². The van der Waals surface area contributed by atoms with Crippen LogP contribution >= 0.6 is 0 Å². The predicted octanol–water partition coefficient (Wildman–Crippen LogP) is 0.681. The monoisotopic (exact) mass is 468 g/mol. The van der Waals surface area contributed by atoms with Gasteiger partial charge in [0.15, 0.2) is 0 Å². The molecule has 32 heavy (non-hydrogen) atoms. The lowest BCUT2D eigenvalue weighted by molar-refractivity contribution is -0.176. The number of hydrogen-bond donors (Lipinski definition) is 1. The minimum Gasteiger partial charge on any atom is -0.394 e. The van der Waals surface area contributed by atoms with Gasteiger partial charge < -0.3 is 47.7 Å². The van der Waals surface area contributed by atoms with Crippen LogP contribution in [0.5, 0.6) is 0 Å². The van der Waals surface area contributed by atoms with Gasteiger partial charge in [0.1, 0.15) is 5.60 Å². The van der Waals surface area contributed by atoms with E-state index in [-0.39, 0.29) is 13.2 Å². The summed E-state index contributed by atoms with van der Waals surface area (Å²) >= 11 is 0. The fraction of sp³-hybridized carbons (Fsp3) is 1.00. The van der Waals surface area contributed by atoms with E-state index in [9.17, 15) is 0 Å². The summed E-state index contributed by atoms with van der Waals surface area (Å²) in [6.45, 7) is 9.52. The Hall–Kier alpha value is -0.400. The Bertz CT molecular complexity index is 366. The predicted molar refractivity (Wildman–Crippen MR) is 117 cm³/mol. The molecule has 1 rings (SSSR count). The van der Waals surface area contributed by atoms with E-state index >= 15 is 0 Å². The van der Waals surface area contributed by atoms with Crippen molar-refractivity contribution in [1.29, 1.82) is 0 Å². The van der Waals surface area contributed by atoms with E-state index in [0.717, 1.165) is 12.8 Å². The first-order chi connectivity index (χ1) is 15.8. The lowest BCUT2D eigenvalue weighted by Gasteiger charge is -2.33. The minimum atomic E-state index is -0.772. The van der Waals surface area contributed by atoms with Crippen molar-refractivity contribution in [1.82, 2.24) is 0 Å². The fourth-order valence-corrected chi connectivity index (χ4v) is 2.75. The van der Waals surface area contributed by atoms with Crippen LogP contribution in [0.15, 0.2) is 0 Å².